The molecule has 0 spiro atoms. The summed E-state index contributed by atoms with van der Waals surface area (Å²) in [5.41, 5.74) is 1.64. The summed E-state index contributed by atoms with van der Waals surface area (Å²) in [4.78, 5) is 24.0. The minimum Gasteiger partial charge on any atom is -0.360 e. The molecule has 3 aromatic rings. The molecule has 1 amide bonds. The van der Waals surface area contributed by atoms with E-state index in [1.807, 2.05) is 34.1 Å². The standard InChI is InChI=1S/C19H19FN4O/c20-16-6-3-8-21-18(16)23-9-4-10-24(12-11-23)19(25)15-13-22-17-7-2-1-5-14(15)17/h1-3,5-8,13,22H,4,9-12H2. The third-order valence-corrected chi connectivity index (χ3v) is 4.64. The molecule has 1 saturated heterocycles. The minimum absolute atomic E-state index is 0.0146. The van der Waals surface area contributed by atoms with E-state index >= 15 is 0 Å². The summed E-state index contributed by atoms with van der Waals surface area (Å²) in [5, 5.41) is 0.935. The number of hydrogen-bond donors (Lipinski definition) is 1. The Morgan fingerprint density at radius 3 is 2.84 bits per heavy atom. The van der Waals surface area contributed by atoms with E-state index in [2.05, 4.69) is 9.97 Å². The average Bonchev–Trinajstić information content (AvgIpc) is 2.91. The highest BCUT2D eigenvalue weighted by Gasteiger charge is 2.23. The summed E-state index contributed by atoms with van der Waals surface area (Å²) in [6.07, 6.45) is 4.15. The Balaban J connectivity index is 1.53. The molecule has 1 aliphatic rings. The van der Waals surface area contributed by atoms with Crippen molar-refractivity contribution in [2.24, 2.45) is 0 Å². The highest BCUT2D eigenvalue weighted by atomic mass is 19.1. The number of hydrogen-bond acceptors (Lipinski definition) is 3. The van der Waals surface area contributed by atoms with Crippen molar-refractivity contribution < 1.29 is 9.18 Å². The SMILES string of the molecule is O=C(c1c[nH]c2ccccc12)N1CCCN(c2ncccc2F)CC1. The van der Waals surface area contributed by atoms with Gasteiger partial charge < -0.3 is 14.8 Å². The molecule has 2 aromatic heterocycles. The number of amides is 1. The molecule has 0 saturated carbocycles. The van der Waals surface area contributed by atoms with Crippen molar-refractivity contribution >= 4 is 22.6 Å². The Morgan fingerprint density at radius 2 is 1.96 bits per heavy atom. The average molecular weight is 338 g/mol. The smallest absolute Gasteiger partial charge is 0.256 e. The van der Waals surface area contributed by atoms with Crippen molar-refractivity contribution in [1.82, 2.24) is 14.9 Å². The Bertz CT molecular complexity index is 907. The van der Waals surface area contributed by atoms with Gasteiger partial charge in [-0.05, 0) is 24.6 Å². The van der Waals surface area contributed by atoms with Crippen LogP contribution in [0.3, 0.4) is 0 Å². The molecule has 0 bridgehead atoms. The van der Waals surface area contributed by atoms with E-state index in [-0.39, 0.29) is 11.7 Å². The van der Waals surface area contributed by atoms with Gasteiger partial charge in [-0.2, -0.15) is 0 Å². The van der Waals surface area contributed by atoms with Crippen molar-refractivity contribution in [1.29, 1.82) is 0 Å². The quantitative estimate of drug-likeness (QED) is 0.781. The monoisotopic (exact) mass is 338 g/mol. The van der Waals surface area contributed by atoms with Gasteiger partial charge in [0.1, 0.15) is 0 Å². The Morgan fingerprint density at radius 1 is 1.08 bits per heavy atom. The molecule has 0 aliphatic carbocycles. The number of halogens is 1. The molecule has 3 heterocycles. The molecule has 1 N–H and O–H groups in total. The van der Waals surface area contributed by atoms with Crippen LogP contribution in [0.4, 0.5) is 10.2 Å². The van der Waals surface area contributed by atoms with Crippen LogP contribution in [0.15, 0.2) is 48.8 Å². The molecule has 0 radical (unpaired) electrons. The zero-order valence-corrected chi connectivity index (χ0v) is 13.8. The van der Waals surface area contributed by atoms with Gasteiger partial charge in [0.05, 0.1) is 5.56 Å². The fourth-order valence-corrected chi connectivity index (χ4v) is 3.36. The Kier molecular flexibility index (Phi) is 4.09. The molecule has 128 valence electrons. The number of rotatable bonds is 2. The molecule has 0 unspecified atom stereocenters. The molecule has 1 aliphatic heterocycles. The van der Waals surface area contributed by atoms with Crippen LogP contribution in [-0.4, -0.2) is 47.0 Å². The fourth-order valence-electron chi connectivity index (χ4n) is 3.36. The minimum atomic E-state index is -0.320. The molecule has 0 atom stereocenters. The number of pyridine rings is 1. The first kappa shape index (κ1) is 15.6. The molecular weight excluding hydrogens is 319 g/mol. The molecule has 5 nitrogen and oxygen atoms in total. The first-order valence-electron chi connectivity index (χ1n) is 8.45. The van der Waals surface area contributed by atoms with E-state index in [9.17, 15) is 9.18 Å². The number of nitrogens with zero attached hydrogens (tertiary/aromatic N) is 3. The van der Waals surface area contributed by atoms with Crippen LogP contribution in [0.1, 0.15) is 16.8 Å². The first-order valence-corrected chi connectivity index (χ1v) is 8.45. The van der Waals surface area contributed by atoms with Gasteiger partial charge in [-0.25, -0.2) is 9.37 Å². The number of anilines is 1. The van der Waals surface area contributed by atoms with E-state index < -0.39 is 0 Å². The van der Waals surface area contributed by atoms with Crippen molar-refractivity contribution in [2.75, 3.05) is 31.1 Å². The number of carbonyl (C=O) groups excluding carboxylic acids is 1. The van der Waals surface area contributed by atoms with Gasteiger partial charge in [-0.1, -0.05) is 18.2 Å². The van der Waals surface area contributed by atoms with Gasteiger partial charge in [0.2, 0.25) is 0 Å². The van der Waals surface area contributed by atoms with Gasteiger partial charge in [-0.3, -0.25) is 4.79 Å². The summed E-state index contributed by atoms with van der Waals surface area (Å²) >= 11 is 0. The summed E-state index contributed by atoms with van der Waals surface area (Å²) in [7, 11) is 0. The number of para-hydroxylation sites is 1. The number of nitrogens with one attached hydrogen (secondary N) is 1. The maximum Gasteiger partial charge on any atom is 0.256 e. The van der Waals surface area contributed by atoms with Crippen LogP contribution < -0.4 is 4.90 Å². The second kappa shape index (κ2) is 6.55. The van der Waals surface area contributed by atoms with Crippen LogP contribution in [-0.2, 0) is 0 Å². The fraction of sp³-hybridized carbons (Fsp3) is 0.263. The van der Waals surface area contributed by atoms with Gasteiger partial charge >= 0.3 is 0 Å². The lowest BCUT2D eigenvalue weighted by atomic mass is 10.1. The summed E-state index contributed by atoms with van der Waals surface area (Å²) in [5.74, 6) is 0.0589. The number of carbonyl (C=O) groups is 1. The third-order valence-electron chi connectivity index (χ3n) is 4.64. The van der Waals surface area contributed by atoms with Crippen LogP contribution in [0.25, 0.3) is 10.9 Å². The second-order valence-electron chi connectivity index (χ2n) is 6.19. The highest BCUT2D eigenvalue weighted by Crippen LogP contribution is 2.21. The molecule has 6 heteroatoms. The van der Waals surface area contributed by atoms with E-state index in [0.29, 0.717) is 37.6 Å². The lowest BCUT2D eigenvalue weighted by Gasteiger charge is -2.23. The summed E-state index contributed by atoms with van der Waals surface area (Å²) < 4.78 is 14.0. The van der Waals surface area contributed by atoms with E-state index in [1.54, 1.807) is 18.5 Å². The second-order valence-corrected chi connectivity index (χ2v) is 6.19. The molecular formula is C19H19FN4O. The van der Waals surface area contributed by atoms with Crippen molar-refractivity contribution in [3.05, 3.63) is 60.2 Å². The largest absolute Gasteiger partial charge is 0.360 e. The van der Waals surface area contributed by atoms with Crippen LogP contribution in [0.5, 0.6) is 0 Å². The Hall–Kier alpha value is -2.89. The maximum absolute atomic E-state index is 14.0. The normalized spacial score (nSPS) is 15.4. The summed E-state index contributed by atoms with van der Waals surface area (Å²) in [6, 6.07) is 10.8. The molecule has 4 rings (SSSR count). The number of aromatic nitrogens is 2. The number of fused-ring (bicyclic) bond motifs is 1. The molecule has 1 fully saturated rings. The van der Waals surface area contributed by atoms with Gasteiger partial charge in [-0.15, -0.1) is 0 Å². The zero-order chi connectivity index (χ0) is 17.2. The molecule has 1 aromatic carbocycles. The topological polar surface area (TPSA) is 52.2 Å². The number of H-pyrrole nitrogens is 1. The third kappa shape index (κ3) is 2.95. The summed E-state index contributed by atoms with van der Waals surface area (Å²) in [6.45, 7) is 2.46. The van der Waals surface area contributed by atoms with Gasteiger partial charge in [0.15, 0.2) is 11.6 Å². The maximum atomic E-state index is 14.0. The number of aromatic amines is 1. The van der Waals surface area contributed by atoms with Crippen LogP contribution >= 0.6 is 0 Å². The highest BCUT2D eigenvalue weighted by molar-refractivity contribution is 6.06. The molecule has 25 heavy (non-hydrogen) atoms. The van der Waals surface area contributed by atoms with Crippen molar-refractivity contribution in [3.63, 3.8) is 0 Å². The zero-order valence-electron chi connectivity index (χ0n) is 13.8. The lowest BCUT2D eigenvalue weighted by molar-refractivity contribution is 0.0769. The van der Waals surface area contributed by atoms with Gasteiger partial charge in [0.25, 0.3) is 5.91 Å². The lowest BCUT2D eigenvalue weighted by Crippen LogP contribution is -2.35. The van der Waals surface area contributed by atoms with E-state index in [0.717, 1.165) is 17.3 Å². The predicted molar refractivity (Wildman–Crippen MR) is 95.2 cm³/mol. The van der Waals surface area contributed by atoms with Crippen LogP contribution in [0.2, 0.25) is 0 Å². The van der Waals surface area contributed by atoms with Crippen molar-refractivity contribution in [3.8, 4) is 0 Å². The predicted octanol–water partition coefficient (Wildman–Crippen LogP) is 3.05. The Labute approximate surface area is 145 Å². The number of benzene rings is 1. The first-order chi connectivity index (χ1) is 12.2. The van der Waals surface area contributed by atoms with Crippen molar-refractivity contribution in [2.45, 2.75) is 6.42 Å². The van der Waals surface area contributed by atoms with Crippen LogP contribution in [0, 0.1) is 5.82 Å². The van der Waals surface area contributed by atoms with E-state index in [1.165, 1.54) is 6.07 Å². The van der Waals surface area contributed by atoms with Gasteiger partial charge in [0, 0.05) is 49.5 Å². The van der Waals surface area contributed by atoms with E-state index in [4.69, 9.17) is 0 Å².